The molecule has 3 rings (SSSR count). The van der Waals surface area contributed by atoms with E-state index in [-0.39, 0.29) is 5.91 Å². The monoisotopic (exact) mass is 367 g/mol. The van der Waals surface area contributed by atoms with E-state index in [0.29, 0.717) is 11.4 Å². The van der Waals surface area contributed by atoms with Crippen LogP contribution in [0.25, 0.3) is 0 Å². The number of benzene rings is 2. The zero-order chi connectivity index (χ0) is 16.1. The molecule has 0 fully saturated rings. The first-order valence-corrected chi connectivity index (χ1v) is 7.86. The van der Waals surface area contributed by atoms with Gasteiger partial charge in [-0.15, -0.1) is 0 Å². The van der Waals surface area contributed by atoms with E-state index in [4.69, 9.17) is 0 Å². The van der Waals surface area contributed by atoms with Crippen molar-refractivity contribution in [1.82, 2.24) is 4.98 Å². The van der Waals surface area contributed by atoms with E-state index in [1.165, 1.54) is 0 Å². The zero-order valence-electron chi connectivity index (χ0n) is 12.2. The number of aromatic nitrogens is 1. The van der Waals surface area contributed by atoms with E-state index in [9.17, 15) is 4.79 Å². The number of nitrogens with one attached hydrogen (secondary N) is 2. The van der Waals surface area contributed by atoms with Gasteiger partial charge in [-0.1, -0.05) is 40.2 Å². The predicted octanol–water partition coefficient (Wildman–Crippen LogP) is 4.84. The Bertz CT molecular complexity index is 821. The second kappa shape index (κ2) is 7.07. The lowest BCUT2D eigenvalue weighted by molar-refractivity contribution is 0.102. The van der Waals surface area contributed by atoms with Crippen LogP contribution in [0.15, 0.2) is 77.4 Å². The third kappa shape index (κ3) is 3.96. The molecule has 2 N–H and O–H groups in total. The van der Waals surface area contributed by atoms with Gasteiger partial charge in [-0.3, -0.25) is 4.79 Å². The van der Waals surface area contributed by atoms with Gasteiger partial charge in [0, 0.05) is 22.0 Å². The minimum absolute atomic E-state index is 0.213. The normalized spacial score (nSPS) is 10.1. The van der Waals surface area contributed by atoms with Crippen molar-refractivity contribution < 1.29 is 4.79 Å². The number of rotatable bonds is 4. The van der Waals surface area contributed by atoms with Crippen LogP contribution in [-0.2, 0) is 0 Å². The maximum Gasteiger partial charge on any atom is 0.259 e. The summed E-state index contributed by atoms with van der Waals surface area (Å²) in [6, 6.07) is 20.6. The lowest BCUT2D eigenvalue weighted by atomic mass is 10.2. The fourth-order valence-corrected chi connectivity index (χ4v) is 2.51. The Balaban J connectivity index is 1.83. The highest BCUT2D eigenvalue weighted by molar-refractivity contribution is 9.10. The van der Waals surface area contributed by atoms with Crippen LogP contribution in [0.5, 0.6) is 0 Å². The molecule has 0 unspecified atom stereocenters. The Kier molecular flexibility index (Phi) is 4.68. The maximum absolute atomic E-state index is 12.5. The van der Waals surface area contributed by atoms with Crippen molar-refractivity contribution in [2.45, 2.75) is 0 Å². The second-order valence-electron chi connectivity index (χ2n) is 4.86. The van der Waals surface area contributed by atoms with Crippen LogP contribution in [0.2, 0.25) is 0 Å². The van der Waals surface area contributed by atoms with Crippen LogP contribution >= 0.6 is 15.9 Å². The van der Waals surface area contributed by atoms with Gasteiger partial charge < -0.3 is 10.6 Å². The zero-order valence-corrected chi connectivity index (χ0v) is 13.7. The standard InChI is InChI=1S/C18H14BrN3O/c19-13-6-4-9-15(12-13)22-18(23)16-10-5-11-20-17(16)21-14-7-2-1-3-8-14/h1-12H,(H,20,21)(H,22,23). The number of hydrogen-bond acceptors (Lipinski definition) is 3. The van der Waals surface area contributed by atoms with Crippen LogP contribution in [-0.4, -0.2) is 10.9 Å². The van der Waals surface area contributed by atoms with E-state index in [1.807, 2.05) is 54.6 Å². The summed E-state index contributed by atoms with van der Waals surface area (Å²) in [6.45, 7) is 0. The fraction of sp³-hybridized carbons (Fsp3) is 0. The summed E-state index contributed by atoms with van der Waals surface area (Å²) in [5.41, 5.74) is 2.08. The van der Waals surface area contributed by atoms with E-state index in [2.05, 4.69) is 31.5 Å². The lowest BCUT2D eigenvalue weighted by Gasteiger charge is -2.11. The van der Waals surface area contributed by atoms with Crippen molar-refractivity contribution in [2.75, 3.05) is 10.6 Å². The number of para-hydroxylation sites is 1. The molecular formula is C18H14BrN3O. The molecule has 5 heteroatoms. The minimum atomic E-state index is -0.213. The van der Waals surface area contributed by atoms with E-state index >= 15 is 0 Å². The number of hydrogen-bond donors (Lipinski definition) is 2. The van der Waals surface area contributed by atoms with Gasteiger partial charge in [0.15, 0.2) is 0 Å². The summed E-state index contributed by atoms with van der Waals surface area (Å²) in [5.74, 6) is 0.306. The van der Waals surface area contributed by atoms with Gasteiger partial charge in [-0.05, 0) is 42.5 Å². The third-order valence-electron chi connectivity index (χ3n) is 3.17. The summed E-state index contributed by atoms with van der Waals surface area (Å²) in [4.78, 5) is 16.8. The minimum Gasteiger partial charge on any atom is -0.340 e. The largest absolute Gasteiger partial charge is 0.340 e. The molecule has 0 saturated carbocycles. The number of halogens is 1. The van der Waals surface area contributed by atoms with Crippen molar-refractivity contribution in [3.63, 3.8) is 0 Å². The summed E-state index contributed by atoms with van der Waals surface area (Å²) in [6.07, 6.45) is 1.65. The molecule has 23 heavy (non-hydrogen) atoms. The molecule has 0 radical (unpaired) electrons. The van der Waals surface area contributed by atoms with Crippen LogP contribution < -0.4 is 10.6 Å². The van der Waals surface area contributed by atoms with Crippen LogP contribution in [0.4, 0.5) is 17.2 Å². The highest BCUT2D eigenvalue weighted by atomic mass is 79.9. The van der Waals surface area contributed by atoms with Crippen molar-refractivity contribution in [3.05, 3.63) is 83.0 Å². The molecule has 0 atom stereocenters. The number of pyridine rings is 1. The van der Waals surface area contributed by atoms with E-state index in [1.54, 1.807) is 18.3 Å². The van der Waals surface area contributed by atoms with Gasteiger partial charge in [0.25, 0.3) is 5.91 Å². The molecule has 0 saturated heterocycles. The molecule has 2 aromatic carbocycles. The van der Waals surface area contributed by atoms with Crippen molar-refractivity contribution in [3.8, 4) is 0 Å². The first kappa shape index (κ1) is 15.2. The van der Waals surface area contributed by atoms with Crippen molar-refractivity contribution in [2.24, 2.45) is 0 Å². The van der Waals surface area contributed by atoms with E-state index < -0.39 is 0 Å². The highest BCUT2D eigenvalue weighted by Gasteiger charge is 2.12. The average Bonchev–Trinajstić information content (AvgIpc) is 2.56. The molecule has 0 aliphatic carbocycles. The van der Waals surface area contributed by atoms with Crippen LogP contribution in [0.1, 0.15) is 10.4 Å². The Morgan fingerprint density at radius 2 is 1.70 bits per heavy atom. The molecule has 0 bridgehead atoms. The lowest BCUT2D eigenvalue weighted by Crippen LogP contribution is -2.14. The van der Waals surface area contributed by atoms with Crippen molar-refractivity contribution >= 4 is 39.0 Å². The third-order valence-corrected chi connectivity index (χ3v) is 3.66. The molecule has 1 heterocycles. The molecule has 0 spiro atoms. The number of carbonyl (C=O) groups is 1. The van der Waals surface area contributed by atoms with Gasteiger partial charge >= 0.3 is 0 Å². The van der Waals surface area contributed by atoms with Gasteiger partial charge in [-0.25, -0.2) is 4.98 Å². The highest BCUT2D eigenvalue weighted by Crippen LogP contribution is 2.21. The molecule has 0 aliphatic rings. The van der Waals surface area contributed by atoms with Gasteiger partial charge in [0.1, 0.15) is 5.82 Å². The number of carbonyl (C=O) groups excluding carboxylic acids is 1. The Morgan fingerprint density at radius 1 is 0.913 bits per heavy atom. The topological polar surface area (TPSA) is 54.0 Å². The van der Waals surface area contributed by atoms with Gasteiger partial charge in [-0.2, -0.15) is 0 Å². The molecular weight excluding hydrogens is 354 g/mol. The number of nitrogens with zero attached hydrogens (tertiary/aromatic N) is 1. The SMILES string of the molecule is O=C(Nc1cccc(Br)c1)c1cccnc1Nc1ccccc1. The molecule has 3 aromatic rings. The number of anilines is 3. The first-order chi connectivity index (χ1) is 11.2. The second-order valence-corrected chi connectivity index (χ2v) is 5.77. The average molecular weight is 368 g/mol. The van der Waals surface area contributed by atoms with E-state index in [0.717, 1.165) is 15.8 Å². The summed E-state index contributed by atoms with van der Waals surface area (Å²) in [7, 11) is 0. The number of amides is 1. The molecule has 1 aromatic heterocycles. The summed E-state index contributed by atoms with van der Waals surface area (Å²) in [5, 5.41) is 6.05. The Hall–Kier alpha value is -2.66. The van der Waals surface area contributed by atoms with Crippen LogP contribution in [0.3, 0.4) is 0 Å². The molecule has 114 valence electrons. The molecule has 0 aliphatic heterocycles. The van der Waals surface area contributed by atoms with Gasteiger partial charge in [0.2, 0.25) is 0 Å². The summed E-state index contributed by atoms with van der Waals surface area (Å²) >= 11 is 3.39. The Morgan fingerprint density at radius 3 is 2.48 bits per heavy atom. The van der Waals surface area contributed by atoms with Crippen LogP contribution in [0, 0.1) is 0 Å². The predicted molar refractivity (Wildman–Crippen MR) is 96.1 cm³/mol. The fourth-order valence-electron chi connectivity index (χ4n) is 2.11. The van der Waals surface area contributed by atoms with Crippen molar-refractivity contribution in [1.29, 1.82) is 0 Å². The molecule has 4 nitrogen and oxygen atoms in total. The molecule has 1 amide bonds. The quantitative estimate of drug-likeness (QED) is 0.693. The van der Waals surface area contributed by atoms with Gasteiger partial charge in [0.05, 0.1) is 5.56 Å². The Labute approximate surface area is 142 Å². The smallest absolute Gasteiger partial charge is 0.259 e. The maximum atomic E-state index is 12.5. The summed E-state index contributed by atoms with van der Waals surface area (Å²) < 4.78 is 0.907. The first-order valence-electron chi connectivity index (χ1n) is 7.06.